The van der Waals surface area contributed by atoms with Gasteiger partial charge in [0.05, 0.1) is 5.56 Å². The van der Waals surface area contributed by atoms with Gasteiger partial charge in [-0.3, -0.25) is 4.79 Å². The summed E-state index contributed by atoms with van der Waals surface area (Å²) in [6, 6.07) is 8.25. The van der Waals surface area contributed by atoms with Crippen molar-refractivity contribution in [1.29, 1.82) is 0 Å². The number of aromatic nitrogens is 1. The van der Waals surface area contributed by atoms with E-state index >= 15 is 0 Å². The number of nitrogens with zero attached hydrogens (tertiary/aromatic N) is 2. The molecule has 22 heavy (non-hydrogen) atoms. The maximum atomic E-state index is 13.1. The molecule has 5 heteroatoms. The van der Waals surface area contributed by atoms with Gasteiger partial charge in [0.2, 0.25) is 0 Å². The lowest BCUT2D eigenvalue weighted by atomic mass is 10.2. The summed E-state index contributed by atoms with van der Waals surface area (Å²) in [6.07, 6.45) is 0.850. The van der Waals surface area contributed by atoms with Crippen LogP contribution in [0.15, 0.2) is 30.3 Å². The monoisotopic (exact) mass is 301 g/mol. The Kier molecular flexibility index (Phi) is 3.74. The highest BCUT2D eigenvalue weighted by Crippen LogP contribution is 2.23. The van der Waals surface area contributed by atoms with E-state index in [4.69, 9.17) is 5.73 Å². The number of hydrogen-bond acceptors (Lipinski definition) is 2. The van der Waals surface area contributed by atoms with Gasteiger partial charge in [-0.25, -0.2) is 4.39 Å². The lowest BCUT2D eigenvalue weighted by Crippen LogP contribution is -2.32. The summed E-state index contributed by atoms with van der Waals surface area (Å²) in [5.74, 6) is -0.247. The van der Waals surface area contributed by atoms with E-state index < -0.39 is 0 Å². The smallest absolute Gasteiger partial charge is 0.255 e. The zero-order chi connectivity index (χ0) is 15.9. The molecule has 1 aromatic carbocycles. The average Bonchev–Trinajstić information content (AvgIpc) is 3.04. The van der Waals surface area contributed by atoms with Crippen LogP contribution in [0.5, 0.6) is 0 Å². The van der Waals surface area contributed by atoms with Gasteiger partial charge >= 0.3 is 0 Å². The molecule has 116 valence electrons. The summed E-state index contributed by atoms with van der Waals surface area (Å²) in [5, 5.41) is 0. The van der Waals surface area contributed by atoms with Crippen molar-refractivity contribution in [1.82, 2.24) is 9.47 Å². The number of hydrogen-bond donors (Lipinski definition) is 1. The Balaban J connectivity index is 1.96. The van der Waals surface area contributed by atoms with E-state index in [9.17, 15) is 9.18 Å². The largest absolute Gasteiger partial charge is 0.337 e. The average molecular weight is 301 g/mol. The molecule has 1 amide bonds. The van der Waals surface area contributed by atoms with Gasteiger partial charge in [0.15, 0.2) is 0 Å². The number of amides is 1. The first kappa shape index (κ1) is 14.8. The van der Waals surface area contributed by atoms with Gasteiger partial charge in [0, 0.05) is 36.2 Å². The van der Waals surface area contributed by atoms with Crippen molar-refractivity contribution in [2.75, 3.05) is 13.1 Å². The van der Waals surface area contributed by atoms with Crippen molar-refractivity contribution < 1.29 is 9.18 Å². The molecule has 1 atom stereocenters. The predicted octanol–water partition coefficient (Wildman–Crippen LogP) is 2.41. The molecule has 1 aromatic heterocycles. The SMILES string of the molecule is Cc1cc(C(=O)N2CC[C@H](N)C2)c(C)n1-c1ccc(F)cc1. The Hall–Kier alpha value is -2.14. The fourth-order valence-electron chi connectivity index (χ4n) is 3.11. The number of likely N-dealkylation sites (tertiary alicyclic amines) is 1. The number of carbonyl (C=O) groups excluding carboxylic acids is 1. The lowest BCUT2D eigenvalue weighted by Gasteiger charge is -2.16. The highest BCUT2D eigenvalue weighted by molar-refractivity contribution is 5.96. The van der Waals surface area contributed by atoms with Gasteiger partial charge in [-0.15, -0.1) is 0 Å². The standard InChI is InChI=1S/C17H20FN3O/c1-11-9-16(17(22)20-8-7-14(19)10-20)12(2)21(11)15-5-3-13(18)4-6-15/h3-6,9,14H,7-8,10,19H2,1-2H3/t14-/m0/s1. The molecule has 3 rings (SSSR count). The Morgan fingerprint density at radius 3 is 2.55 bits per heavy atom. The van der Waals surface area contributed by atoms with Crippen LogP contribution in [0.2, 0.25) is 0 Å². The van der Waals surface area contributed by atoms with E-state index in [-0.39, 0.29) is 17.8 Å². The van der Waals surface area contributed by atoms with Crippen LogP contribution in [-0.2, 0) is 0 Å². The number of benzene rings is 1. The number of rotatable bonds is 2. The van der Waals surface area contributed by atoms with E-state index in [2.05, 4.69) is 0 Å². The zero-order valence-electron chi connectivity index (χ0n) is 12.8. The van der Waals surface area contributed by atoms with Gasteiger partial charge in [-0.1, -0.05) is 0 Å². The fourth-order valence-corrected chi connectivity index (χ4v) is 3.11. The number of aryl methyl sites for hydroxylation is 1. The highest BCUT2D eigenvalue weighted by Gasteiger charge is 2.27. The van der Waals surface area contributed by atoms with Crippen molar-refractivity contribution in [3.8, 4) is 5.69 Å². The molecule has 0 aliphatic carbocycles. The van der Waals surface area contributed by atoms with E-state index in [1.807, 2.05) is 24.5 Å². The first-order valence-corrected chi connectivity index (χ1v) is 7.47. The summed E-state index contributed by atoms with van der Waals surface area (Å²) in [7, 11) is 0. The van der Waals surface area contributed by atoms with Crippen molar-refractivity contribution >= 4 is 5.91 Å². The molecule has 2 heterocycles. The maximum absolute atomic E-state index is 13.1. The molecule has 2 N–H and O–H groups in total. The molecule has 1 fully saturated rings. The van der Waals surface area contributed by atoms with Crippen LogP contribution in [0.4, 0.5) is 4.39 Å². The quantitative estimate of drug-likeness (QED) is 0.926. The van der Waals surface area contributed by atoms with Crippen molar-refractivity contribution in [2.45, 2.75) is 26.3 Å². The van der Waals surface area contributed by atoms with E-state index in [0.29, 0.717) is 18.7 Å². The van der Waals surface area contributed by atoms with E-state index in [1.165, 1.54) is 12.1 Å². The maximum Gasteiger partial charge on any atom is 0.255 e. The zero-order valence-corrected chi connectivity index (χ0v) is 12.8. The van der Waals surface area contributed by atoms with Crippen LogP contribution < -0.4 is 5.73 Å². The molecule has 1 saturated heterocycles. The molecular weight excluding hydrogens is 281 g/mol. The van der Waals surface area contributed by atoms with Gasteiger partial charge in [-0.05, 0) is 50.6 Å². The van der Waals surface area contributed by atoms with Crippen molar-refractivity contribution in [3.05, 3.63) is 53.1 Å². The molecule has 0 radical (unpaired) electrons. The van der Waals surface area contributed by atoms with Gasteiger partial charge in [0.1, 0.15) is 5.82 Å². The van der Waals surface area contributed by atoms with Gasteiger partial charge in [0.25, 0.3) is 5.91 Å². The van der Waals surface area contributed by atoms with Gasteiger partial charge < -0.3 is 15.2 Å². The van der Waals surface area contributed by atoms with Crippen LogP contribution in [0.1, 0.15) is 28.2 Å². The van der Waals surface area contributed by atoms with Crippen molar-refractivity contribution in [2.24, 2.45) is 5.73 Å². The lowest BCUT2D eigenvalue weighted by molar-refractivity contribution is 0.0790. The van der Waals surface area contributed by atoms with Crippen LogP contribution in [0.25, 0.3) is 5.69 Å². The van der Waals surface area contributed by atoms with Crippen molar-refractivity contribution in [3.63, 3.8) is 0 Å². The van der Waals surface area contributed by atoms with Crippen LogP contribution in [0.3, 0.4) is 0 Å². The second kappa shape index (κ2) is 5.57. The summed E-state index contributed by atoms with van der Waals surface area (Å²) in [5.41, 5.74) is 9.26. The molecule has 0 spiro atoms. The molecular formula is C17H20FN3O. The minimum absolute atomic E-state index is 0.0226. The minimum atomic E-state index is -0.270. The first-order chi connectivity index (χ1) is 10.5. The molecule has 0 unspecified atom stereocenters. The summed E-state index contributed by atoms with van der Waals surface area (Å²) >= 11 is 0. The molecule has 4 nitrogen and oxygen atoms in total. The van der Waals surface area contributed by atoms with E-state index in [1.54, 1.807) is 17.0 Å². The third-order valence-electron chi connectivity index (χ3n) is 4.26. The Bertz CT molecular complexity index is 705. The van der Waals surface area contributed by atoms with Crippen LogP contribution in [0, 0.1) is 19.7 Å². The highest BCUT2D eigenvalue weighted by atomic mass is 19.1. The summed E-state index contributed by atoms with van der Waals surface area (Å²) in [4.78, 5) is 14.5. The third kappa shape index (κ3) is 2.52. The fraction of sp³-hybridized carbons (Fsp3) is 0.353. The minimum Gasteiger partial charge on any atom is -0.337 e. The Morgan fingerprint density at radius 1 is 1.27 bits per heavy atom. The first-order valence-electron chi connectivity index (χ1n) is 7.47. The van der Waals surface area contributed by atoms with Gasteiger partial charge in [-0.2, -0.15) is 0 Å². The molecule has 1 aliphatic heterocycles. The Morgan fingerprint density at radius 2 is 1.95 bits per heavy atom. The number of halogens is 1. The number of nitrogens with two attached hydrogens (primary N) is 1. The predicted molar refractivity (Wildman–Crippen MR) is 83.7 cm³/mol. The molecule has 0 bridgehead atoms. The molecule has 2 aromatic rings. The van der Waals surface area contributed by atoms with Crippen LogP contribution in [-0.4, -0.2) is 34.5 Å². The molecule has 0 saturated carbocycles. The third-order valence-corrected chi connectivity index (χ3v) is 4.26. The second-order valence-electron chi connectivity index (χ2n) is 5.90. The second-order valence-corrected chi connectivity index (χ2v) is 5.90. The Labute approximate surface area is 129 Å². The van der Waals surface area contributed by atoms with Crippen LogP contribution >= 0.6 is 0 Å². The summed E-state index contributed by atoms with van der Waals surface area (Å²) < 4.78 is 15.1. The topological polar surface area (TPSA) is 51.3 Å². The molecule has 1 aliphatic rings. The number of carbonyl (C=O) groups is 1. The van der Waals surface area contributed by atoms with E-state index in [0.717, 1.165) is 23.5 Å². The summed E-state index contributed by atoms with van der Waals surface area (Å²) in [6.45, 7) is 5.18. The normalized spacial score (nSPS) is 18.0.